The number of hydrogen-bond acceptors (Lipinski definition) is 5. The van der Waals surface area contributed by atoms with Crippen molar-refractivity contribution >= 4 is 28.0 Å². The molecule has 0 radical (unpaired) electrons. The van der Waals surface area contributed by atoms with Crippen molar-refractivity contribution in [2.75, 3.05) is 13.7 Å². The van der Waals surface area contributed by atoms with Crippen LogP contribution in [0.15, 0.2) is 18.2 Å². The molecule has 7 nitrogen and oxygen atoms in total. The standard InChI is InChI=1S/C17H21N5O2/c1-10(2)18-17(23)12-5-6-14-13(9-12)15-16(21-20-14)19-11(3)22(15)7-8-24-4/h5-6,9-10H,7-8H2,1-4H3,(H,18,23). The van der Waals surface area contributed by atoms with Gasteiger partial charge in [-0.2, -0.15) is 0 Å². The summed E-state index contributed by atoms with van der Waals surface area (Å²) in [6, 6.07) is 5.52. The Bertz CT molecular complexity index is 901. The maximum atomic E-state index is 12.3. The normalized spacial score (nSPS) is 11.5. The van der Waals surface area contributed by atoms with Gasteiger partial charge in [0.05, 0.1) is 17.6 Å². The van der Waals surface area contributed by atoms with E-state index in [1.165, 1.54) is 0 Å². The first kappa shape index (κ1) is 16.3. The Labute approximate surface area is 140 Å². The zero-order chi connectivity index (χ0) is 17.3. The van der Waals surface area contributed by atoms with Gasteiger partial charge < -0.3 is 14.6 Å². The molecule has 1 amide bonds. The Morgan fingerprint density at radius 2 is 2.12 bits per heavy atom. The summed E-state index contributed by atoms with van der Waals surface area (Å²) in [6.45, 7) is 7.04. The van der Waals surface area contributed by atoms with Crippen LogP contribution in [-0.2, 0) is 11.3 Å². The molecule has 3 rings (SSSR count). The number of ether oxygens (including phenoxy) is 1. The summed E-state index contributed by atoms with van der Waals surface area (Å²) in [4.78, 5) is 16.8. The summed E-state index contributed by atoms with van der Waals surface area (Å²) in [5.41, 5.74) is 2.80. The van der Waals surface area contributed by atoms with Crippen LogP contribution >= 0.6 is 0 Å². The molecule has 0 bridgehead atoms. The van der Waals surface area contributed by atoms with E-state index in [-0.39, 0.29) is 11.9 Å². The molecule has 2 aromatic heterocycles. The molecular formula is C17H21N5O2. The fourth-order valence-electron chi connectivity index (χ4n) is 2.74. The van der Waals surface area contributed by atoms with E-state index in [0.29, 0.717) is 24.4 Å². The van der Waals surface area contributed by atoms with Crippen LogP contribution in [0.25, 0.3) is 22.1 Å². The van der Waals surface area contributed by atoms with E-state index in [9.17, 15) is 4.79 Å². The van der Waals surface area contributed by atoms with Crippen LogP contribution in [-0.4, -0.2) is 45.4 Å². The van der Waals surface area contributed by atoms with E-state index in [2.05, 4.69) is 25.1 Å². The summed E-state index contributed by atoms with van der Waals surface area (Å²) in [6.07, 6.45) is 0. The number of nitrogens with zero attached hydrogens (tertiary/aromatic N) is 4. The summed E-state index contributed by atoms with van der Waals surface area (Å²) in [5.74, 6) is 0.748. The lowest BCUT2D eigenvalue weighted by molar-refractivity contribution is 0.0943. The number of carbonyl (C=O) groups is 1. The number of carbonyl (C=O) groups excluding carboxylic acids is 1. The Hall–Kier alpha value is -2.54. The Kier molecular flexibility index (Phi) is 4.44. The van der Waals surface area contributed by atoms with Gasteiger partial charge in [0.15, 0.2) is 0 Å². The molecule has 0 saturated heterocycles. The minimum Gasteiger partial charge on any atom is -0.383 e. The van der Waals surface area contributed by atoms with E-state index >= 15 is 0 Å². The molecule has 2 heterocycles. The molecule has 0 aliphatic heterocycles. The van der Waals surface area contributed by atoms with Gasteiger partial charge in [0.1, 0.15) is 5.82 Å². The van der Waals surface area contributed by atoms with Gasteiger partial charge >= 0.3 is 0 Å². The second-order valence-corrected chi connectivity index (χ2v) is 6.04. The lowest BCUT2D eigenvalue weighted by Gasteiger charge is -2.10. The zero-order valence-corrected chi connectivity index (χ0v) is 14.3. The Morgan fingerprint density at radius 1 is 1.33 bits per heavy atom. The molecule has 0 unspecified atom stereocenters. The van der Waals surface area contributed by atoms with E-state index in [1.54, 1.807) is 13.2 Å². The fourth-order valence-corrected chi connectivity index (χ4v) is 2.74. The third-order valence-corrected chi connectivity index (χ3v) is 3.85. The van der Waals surface area contributed by atoms with Gasteiger partial charge in [-0.05, 0) is 39.0 Å². The predicted octanol–water partition coefficient (Wildman–Crippen LogP) is 2.07. The van der Waals surface area contributed by atoms with Gasteiger partial charge in [0, 0.05) is 30.6 Å². The van der Waals surface area contributed by atoms with E-state index < -0.39 is 0 Å². The highest BCUT2D eigenvalue weighted by atomic mass is 16.5. The smallest absolute Gasteiger partial charge is 0.251 e. The molecule has 0 saturated carbocycles. The number of aryl methyl sites for hydroxylation is 1. The number of imidazole rings is 1. The molecule has 1 aromatic carbocycles. The van der Waals surface area contributed by atoms with Crippen molar-refractivity contribution in [1.29, 1.82) is 0 Å². The van der Waals surface area contributed by atoms with Crippen LogP contribution in [0.5, 0.6) is 0 Å². The fraction of sp³-hybridized carbons (Fsp3) is 0.412. The average Bonchev–Trinajstić information content (AvgIpc) is 2.87. The summed E-state index contributed by atoms with van der Waals surface area (Å²) in [5, 5.41) is 12.2. The van der Waals surface area contributed by atoms with Crippen LogP contribution in [0.3, 0.4) is 0 Å². The Balaban J connectivity index is 2.18. The van der Waals surface area contributed by atoms with Gasteiger partial charge in [-0.3, -0.25) is 4.79 Å². The number of rotatable bonds is 5. The summed E-state index contributed by atoms with van der Waals surface area (Å²) >= 11 is 0. The first-order valence-electron chi connectivity index (χ1n) is 7.94. The molecule has 7 heteroatoms. The number of aromatic nitrogens is 4. The lowest BCUT2D eigenvalue weighted by Crippen LogP contribution is -2.30. The van der Waals surface area contributed by atoms with Crippen LogP contribution in [0.4, 0.5) is 0 Å². The number of methoxy groups -OCH3 is 1. The number of nitrogens with one attached hydrogen (secondary N) is 1. The Morgan fingerprint density at radius 3 is 2.83 bits per heavy atom. The van der Waals surface area contributed by atoms with Crippen molar-refractivity contribution < 1.29 is 9.53 Å². The van der Waals surface area contributed by atoms with Crippen molar-refractivity contribution in [2.45, 2.75) is 33.4 Å². The predicted molar refractivity (Wildman–Crippen MR) is 92.0 cm³/mol. The van der Waals surface area contributed by atoms with Crippen molar-refractivity contribution in [2.24, 2.45) is 0 Å². The van der Waals surface area contributed by atoms with E-state index in [0.717, 1.165) is 22.2 Å². The minimum absolute atomic E-state index is 0.0817. The summed E-state index contributed by atoms with van der Waals surface area (Å²) < 4.78 is 7.24. The molecule has 0 atom stereocenters. The summed E-state index contributed by atoms with van der Waals surface area (Å²) in [7, 11) is 1.67. The van der Waals surface area contributed by atoms with Crippen molar-refractivity contribution in [3.8, 4) is 0 Å². The van der Waals surface area contributed by atoms with Crippen LogP contribution in [0, 0.1) is 6.92 Å². The zero-order valence-electron chi connectivity index (χ0n) is 14.3. The second-order valence-electron chi connectivity index (χ2n) is 6.04. The van der Waals surface area contributed by atoms with Crippen LogP contribution < -0.4 is 5.32 Å². The molecule has 0 aliphatic carbocycles. The first-order chi connectivity index (χ1) is 11.5. The van der Waals surface area contributed by atoms with Gasteiger partial charge in [-0.15, -0.1) is 10.2 Å². The van der Waals surface area contributed by atoms with Gasteiger partial charge in [0.2, 0.25) is 5.65 Å². The number of fused-ring (bicyclic) bond motifs is 3. The van der Waals surface area contributed by atoms with Crippen molar-refractivity contribution in [1.82, 2.24) is 25.1 Å². The monoisotopic (exact) mass is 327 g/mol. The number of benzene rings is 1. The van der Waals surface area contributed by atoms with Gasteiger partial charge in [-0.25, -0.2) is 4.98 Å². The van der Waals surface area contributed by atoms with Gasteiger partial charge in [0.25, 0.3) is 5.91 Å². The first-order valence-corrected chi connectivity index (χ1v) is 7.94. The highest BCUT2D eigenvalue weighted by molar-refractivity contribution is 6.05. The molecular weight excluding hydrogens is 306 g/mol. The topological polar surface area (TPSA) is 81.9 Å². The largest absolute Gasteiger partial charge is 0.383 e. The highest BCUT2D eigenvalue weighted by Crippen LogP contribution is 2.24. The van der Waals surface area contributed by atoms with E-state index in [1.807, 2.05) is 32.9 Å². The molecule has 1 N–H and O–H groups in total. The van der Waals surface area contributed by atoms with Crippen molar-refractivity contribution in [3.05, 3.63) is 29.6 Å². The lowest BCUT2D eigenvalue weighted by atomic mass is 10.1. The minimum atomic E-state index is -0.100. The average molecular weight is 327 g/mol. The quantitative estimate of drug-likeness (QED) is 0.776. The van der Waals surface area contributed by atoms with Crippen LogP contribution in [0.2, 0.25) is 0 Å². The van der Waals surface area contributed by atoms with Gasteiger partial charge in [-0.1, -0.05) is 0 Å². The maximum Gasteiger partial charge on any atom is 0.251 e. The molecule has 0 fully saturated rings. The molecule has 126 valence electrons. The maximum absolute atomic E-state index is 12.3. The third-order valence-electron chi connectivity index (χ3n) is 3.85. The third kappa shape index (κ3) is 2.94. The SMILES string of the molecule is COCCn1c(C)nc2nnc3ccc(C(=O)NC(C)C)cc3c21. The highest BCUT2D eigenvalue weighted by Gasteiger charge is 2.15. The second kappa shape index (κ2) is 6.52. The molecule has 3 aromatic rings. The number of amides is 1. The van der Waals surface area contributed by atoms with Crippen LogP contribution in [0.1, 0.15) is 30.0 Å². The molecule has 0 aliphatic rings. The van der Waals surface area contributed by atoms with E-state index in [4.69, 9.17) is 4.74 Å². The molecule has 0 spiro atoms. The molecule has 24 heavy (non-hydrogen) atoms. The number of hydrogen-bond donors (Lipinski definition) is 1. The van der Waals surface area contributed by atoms with Crippen molar-refractivity contribution in [3.63, 3.8) is 0 Å².